The van der Waals surface area contributed by atoms with Crippen LogP contribution in [0.2, 0.25) is 0 Å². The first-order valence-corrected chi connectivity index (χ1v) is 10.5. The first-order chi connectivity index (χ1) is 14.3. The van der Waals surface area contributed by atoms with Crippen LogP contribution in [0.25, 0.3) is 22.6 Å². The minimum Gasteiger partial charge on any atom is -0.465 e. The largest absolute Gasteiger partial charge is 0.465 e. The number of para-hydroxylation sites is 1. The van der Waals surface area contributed by atoms with Crippen LogP contribution in [0.4, 0.5) is 0 Å². The zero-order valence-electron chi connectivity index (χ0n) is 16.4. The third kappa shape index (κ3) is 3.58. The summed E-state index contributed by atoms with van der Waals surface area (Å²) in [6.07, 6.45) is 8.51. The smallest absolute Gasteiger partial charge is 0.252 e. The molecule has 1 saturated heterocycles. The molecule has 1 aliphatic carbocycles. The third-order valence-electron chi connectivity index (χ3n) is 5.93. The Morgan fingerprint density at radius 1 is 1.14 bits per heavy atom. The number of nitrogens with one attached hydrogen (secondary N) is 2. The molecular formula is C24H25N3O2. The number of furan rings is 1. The van der Waals surface area contributed by atoms with Crippen molar-refractivity contribution in [2.24, 2.45) is 0 Å². The molecule has 0 atom stereocenters. The Bertz CT molecular complexity index is 1060. The summed E-state index contributed by atoms with van der Waals surface area (Å²) in [5.41, 5.74) is 4.83. The van der Waals surface area contributed by atoms with Crippen LogP contribution in [0.15, 0.2) is 47.1 Å². The van der Waals surface area contributed by atoms with Gasteiger partial charge in [-0.15, -0.1) is 0 Å². The summed E-state index contributed by atoms with van der Waals surface area (Å²) in [6, 6.07) is 12.1. The molecular weight excluding hydrogens is 362 g/mol. The highest BCUT2D eigenvalue weighted by Gasteiger charge is 2.26. The van der Waals surface area contributed by atoms with E-state index in [0.717, 1.165) is 84.3 Å². The Labute approximate surface area is 170 Å². The van der Waals surface area contributed by atoms with Crippen molar-refractivity contribution in [1.82, 2.24) is 15.6 Å². The van der Waals surface area contributed by atoms with E-state index >= 15 is 0 Å². The van der Waals surface area contributed by atoms with Gasteiger partial charge in [-0.2, -0.15) is 0 Å². The van der Waals surface area contributed by atoms with E-state index in [4.69, 9.17) is 9.40 Å². The lowest BCUT2D eigenvalue weighted by Gasteiger charge is -2.26. The van der Waals surface area contributed by atoms with Crippen LogP contribution in [0.1, 0.15) is 53.1 Å². The molecule has 1 aliphatic heterocycles. The number of fused-ring (bicyclic) bond motifs is 2. The molecule has 29 heavy (non-hydrogen) atoms. The van der Waals surface area contributed by atoms with Gasteiger partial charge < -0.3 is 15.1 Å². The van der Waals surface area contributed by atoms with Gasteiger partial charge in [-0.3, -0.25) is 4.79 Å². The summed E-state index contributed by atoms with van der Waals surface area (Å²) in [6.45, 7) is 1.91. The molecule has 5 rings (SSSR count). The van der Waals surface area contributed by atoms with E-state index in [1.807, 2.05) is 36.4 Å². The molecule has 2 aromatic heterocycles. The number of carbonyl (C=O) groups excluding carboxylic acids is 1. The van der Waals surface area contributed by atoms with Crippen molar-refractivity contribution in [3.05, 3.63) is 65.2 Å². The lowest BCUT2D eigenvalue weighted by atomic mass is 9.86. The van der Waals surface area contributed by atoms with Crippen LogP contribution in [0.3, 0.4) is 0 Å². The van der Waals surface area contributed by atoms with Gasteiger partial charge in [0.15, 0.2) is 0 Å². The van der Waals surface area contributed by atoms with Crippen molar-refractivity contribution < 1.29 is 9.21 Å². The maximum absolute atomic E-state index is 13.4. The zero-order valence-corrected chi connectivity index (χ0v) is 16.4. The number of pyridine rings is 1. The number of hydrogen-bond donors (Lipinski definition) is 2. The molecule has 0 saturated carbocycles. The summed E-state index contributed by atoms with van der Waals surface area (Å²) in [5, 5.41) is 7.59. The summed E-state index contributed by atoms with van der Waals surface area (Å²) in [4.78, 5) is 18.4. The molecule has 148 valence electrons. The Morgan fingerprint density at radius 2 is 2.00 bits per heavy atom. The van der Waals surface area contributed by atoms with Crippen molar-refractivity contribution in [2.45, 2.75) is 38.1 Å². The van der Waals surface area contributed by atoms with Crippen LogP contribution in [0.5, 0.6) is 0 Å². The second-order valence-corrected chi connectivity index (χ2v) is 7.87. The Morgan fingerprint density at radius 3 is 2.83 bits per heavy atom. The van der Waals surface area contributed by atoms with E-state index in [-0.39, 0.29) is 11.9 Å². The van der Waals surface area contributed by atoms with Crippen molar-refractivity contribution in [3.63, 3.8) is 0 Å². The standard InChI is InChI=1S/C24H25N3O2/c28-24(26-17-10-12-25-13-11-17)22-19-7-1-2-9-21(19)27-23-16(5-3-8-20(22)23)15-18-6-4-14-29-18/h1-2,4,6-7,9,14-15,17,25H,3,5,8,10-13H2,(H,26,28)/b16-15-. The van der Waals surface area contributed by atoms with Crippen molar-refractivity contribution in [1.29, 1.82) is 0 Å². The summed E-state index contributed by atoms with van der Waals surface area (Å²) >= 11 is 0. The average Bonchev–Trinajstić information content (AvgIpc) is 3.26. The van der Waals surface area contributed by atoms with Gasteiger partial charge in [-0.05, 0) is 80.6 Å². The molecule has 2 aliphatic rings. The quantitative estimate of drug-likeness (QED) is 0.707. The highest BCUT2D eigenvalue weighted by atomic mass is 16.3. The zero-order chi connectivity index (χ0) is 19.6. The number of amides is 1. The second kappa shape index (κ2) is 7.84. The van der Waals surface area contributed by atoms with Crippen molar-refractivity contribution in [2.75, 3.05) is 13.1 Å². The summed E-state index contributed by atoms with van der Waals surface area (Å²) < 4.78 is 5.53. The normalized spacial score (nSPS) is 18.7. The SMILES string of the molecule is O=C(NC1CCNCC1)c1c2c(nc3ccccc13)/C(=C\c1ccco1)CCC2. The van der Waals surface area contributed by atoms with Gasteiger partial charge in [0.1, 0.15) is 5.76 Å². The van der Waals surface area contributed by atoms with Gasteiger partial charge in [-0.25, -0.2) is 4.98 Å². The first-order valence-electron chi connectivity index (χ1n) is 10.5. The highest BCUT2D eigenvalue weighted by Crippen LogP contribution is 2.36. The fraction of sp³-hybridized carbons (Fsp3) is 0.333. The lowest BCUT2D eigenvalue weighted by molar-refractivity contribution is 0.0930. The first kappa shape index (κ1) is 18.1. The van der Waals surface area contributed by atoms with Crippen LogP contribution in [-0.4, -0.2) is 30.0 Å². The molecule has 0 bridgehead atoms. The molecule has 0 spiro atoms. The topological polar surface area (TPSA) is 67.2 Å². The maximum Gasteiger partial charge on any atom is 0.252 e. The summed E-state index contributed by atoms with van der Waals surface area (Å²) in [7, 11) is 0. The predicted molar refractivity (Wildman–Crippen MR) is 115 cm³/mol. The van der Waals surface area contributed by atoms with E-state index in [2.05, 4.69) is 16.7 Å². The molecule has 1 fully saturated rings. The van der Waals surface area contributed by atoms with Gasteiger partial charge in [0.2, 0.25) is 0 Å². The minimum atomic E-state index is 0.0333. The fourth-order valence-electron chi connectivity index (χ4n) is 4.50. The molecule has 5 heteroatoms. The number of benzene rings is 1. The van der Waals surface area contributed by atoms with Gasteiger partial charge in [-0.1, -0.05) is 18.2 Å². The minimum absolute atomic E-state index is 0.0333. The highest BCUT2D eigenvalue weighted by molar-refractivity contribution is 6.09. The fourth-order valence-corrected chi connectivity index (χ4v) is 4.50. The van der Waals surface area contributed by atoms with Crippen LogP contribution < -0.4 is 10.6 Å². The molecule has 1 aromatic carbocycles. The number of carbonyl (C=O) groups is 1. The van der Waals surface area contributed by atoms with Gasteiger partial charge >= 0.3 is 0 Å². The molecule has 0 unspecified atom stereocenters. The number of hydrogen-bond acceptors (Lipinski definition) is 4. The monoisotopic (exact) mass is 387 g/mol. The molecule has 5 nitrogen and oxygen atoms in total. The Balaban J connectivity index is 1.62. The third-order valence-corrected chi connectivity index (χ3v) is 5.93. The van der Waals surface area contributed by atoms with Crippen molar-refractivity contribution in [3.8, 4) is 0 Å². The van der Waals surface area contributed by atoms with Crippen LogP contribution in [0, 0.1) is 0 Å². The Hall–Kier alpha value is -2.92. The number of rotatable bonds is 3. The van der Waals surface area contributed by atoms with Crippen LogP contribution in [-0.2, 0) is 6.42 Å². The molecule has 3 aromatic rings. The Kier molecular flexibility index (Phi) is 4.90. The second-order valence-electron chi connectivity index (χ2n) is 7.87. The molecule has 2 N–H and O–H groups in total. The van der Waals surface area contributed by atoms with Gasteiger partial charge in [0, 0.05) is 11.4 Å². The van der Waals surface area contributed by atoms with E-state index in [1.54, 1.807) is 6.26 Å². The van der Waals surface area contributed by atoms with E-state index in [9.17, 15) is 4.79 Å². The number of nitrogens with zero attached hydrogens (tertiary/aromatic N) is 1. The van der Waals surface area contributed by atoms with E-state index in [1.165, 1.54) is 0 Å². The van der Waals surface area contributed by atoms with E-state index in [0.29, 0.717) is 0 Å². The molecule has 3 heterocycles. The van der Waals surface area contributed by atoms with E-state index < -0.39 is 0 Å². The number of piperidine rings is 1. The lowest BCUT2D eigenvalue weighted by Crippen LogP contribution is -2.43. The van der Waals surface area contributed by atoms with Crippen molar-refractivity contribution >= 4 is 28.5 Å². The van der Waals surface area contributed by atoms with Gasteiger partial charge in [0.05, 0.1) is 23.0 Å². The van der Waals surface area contributed by atoms with Gasteiger partial charge in [0.25, 0.3) is 5.91 Å². The number of allylic oxidation sites excluding steroid dienone is 1. The average molecular weight is 387 g/mol. The number of aromatic nitrogens is 1. The maximum atomic E-state index is 13.4. The van der Waals surface area contributed by atoms with Crippen LogP contribution >= 0.6 is 0 Å². The summed E-state index contributed by atoms with van der Waals surface area (Å²) in [5.74, 6) is 0.856. The molecule has 0 radical (unpaired) electrons. The predicted octanol–water partition coefficient (Wildman–Crippen LogP) is 4.19. The molecule has 1 amide bonds.